The van der Waals surface area contributed by atoms with Gasteiger partial charge in [-0.25, -0.2) is 8.78 Å². The highest BCUT2D eigenvalue weighted by Crippen LogP contribution is 2.22. The fourth-order valence-corrected chi connectivity index (χ4v) is 2.40. The van der Waals surface area contributed by atoms with Crippen molar-refractivity contribution in [3.05, 3.63) is 52.9 Å². The molecule has 2 aromatic rings. The molecule has 2 rings (SSSR count). The number of aromatic nitrogens is 2. The first-order valence-electron chi connectivity index (χ1n) is 6.68. The number of likely N-dealkylation sites (N-methyl/N-ethyl adjacent to an activating group) is 1. The Labute approximate surface area is 117 Å². The average Bonchev–Trinajstić information content (AvgIpc) is 2.72. The third-order valence-corrected chi connectivity index (χ3v) is 3.30. The highest BCUT2D eigenvalue weighted by Gasteiger charge is 2.17. The van der Waals surface area contributed by atoms with Crippen LogP contribution in [0.3, 0.4) is 0 Å². The molecule has 0 aliphatic carbocycles. The van der Waals surface area contributed by atoms with Gasteiger partial charge in [0.2, 0.25) is 0 Å². The maximum atomic E-state index is 13.3. The summed E-state index contributed by atoms with van der Waals surface area (Å²) in [4.78, 5) is 0. The molecule has 0 spiro atoms. The predicted octanol–water partition coefficient (Wildman–Crippen LogP) is 2.90. The summed E-state index contributed by atoms with van der Waals surface area (Å²) in [6.45, 7) is 4.76. The highest BCUT2D eigenvalue weighted by atomic mass is 19.2. The molecule has 0 bridgehead atoms. The normalized spacial score (nSPS) is 12.7. The van der Waals surface area contributed by atoms with Gasteiger partial charge >= 0.3 is 0 Å². The van der Waals surface area contributed by atoms with Crippen molar-refractivity contribution < 1.29 is 8.78 Å². The summed E-state index contributed by atoms with van der Waals surface area (Å²) in [6, 6.07) is 4.09. The predicted molar refractivity (Wildman–Crippen MR) is 74.4 cm³/mol. The molecule has 1 heterocycles. The monoisotopic (exact) mass is 279 g/mol. The molecule has 0 radical (unpaired) electrons. The van der Waals surface area contributed by atoms with E-state index < -0.39 is 11.6 Å². The molecule has 1 aromatic carbocycles. The Balaban J connectivity index is 2.25. The third kappa shape index (κ3) is 3.22. The number of aryl methyl sites for hydroxylation is 2. The number of hydrogen-bond acceptors (Lipinski definition) is 2. The van der Waals surface area contributed by atoms with E-state index in [1.165, 1.54) is 12.1 Å². The molecule has 0 aliphatic heterocycles. The Hall–Kier alpha value is -1.75. The van der Waals surface area contributed by atoms with Crippen molar-refractivity contribution in [3.63, 3.8) is 0 Å². The van der Waals surface area contributed by atoms with E-state index in [9.17, 15) is 8.78 Å². The van der Waals surface area contributed by atoms with Crippen molar-refractivity contribution in [2.75, 3.05) is 6.54 Å². The zero-order valence-corrected chi connectivity index (χ0v) is 12.0. The van der Waals surface area contributed by atoms with Gasteiger partial charge < -0.3 is 5.32 Å². The molecule has 0 aliphatic rings. The van der Waals surface area contributed by atoms with Crippen LogP contribution in [0.5, 0.6) is 0 Å². The lowest BCUT2D eigenvalue weighted by Crippen LogP contribution is -2.23. The smallest absolute Gasteiger partial charge is 0.159 e. The Morgan fingerprint density at radius 1 is 1.30 bits per heavy atom. The van der Waals surface area contributed by atoms with Gasteiger partial charge in [0.15, 0.2) is 11.6 Å². The van der Waals surface area contributed by atoms with Crippen molar-refractivity contribution in [2.24, 2.45) is 7.05 Å². The van der Waals surface area contributed by atoms with E-state index >= 15 is 0 Å². The van der Waals surface area contributed by atoms with Crippen molar-refractivity contribution in [3.8, 4) is 0 Å². The Bertz CT molecular complexity index is 593. The van der Waals surface area contributed by atoms with Gasteiger partial charge in [0, 0.05) is 24.8 Å². The number of nitrogens with zero attached hydrogens (tertiary/aromatic N) is 2. The molecule has 0 saturated heterocycles. The van der Waals surface area contributed by atoms with Crippen LogP contribution in [0.25, 0.3) is 0 Å². The SMILES string of the molecule is CCNC(Cc1ccc(F)c(F)c1)c1cn(C)nc1C. The van der Waals surface area contributed by atoms with Gasteiger partial charge in [-0.3, -0.25) is 4.68 Å². The molecule has 108 valence electrons. The first kappa shape index (κ1) is 14.7. The lowest BCUT2D eigenvalue weighted by molar-refractivity contribution is 0.502. The number of rotatable bonds is 5. The van der Waals surface area contributed by atoms with Gasteiger partial charge in [-0.2, -0.15) is 5.10 Å². The topological polar surface area (TPSA) is 29.9 Å². The van der Waals surface area contributed by atoms with E-state index in [1.54, 1.807) is 10.7 Å². The van der Waals surface area contributed by atoms with Gasteiger partial charge in [-0.05, 0) is 37.6 Å². The maximum absolute atomic E-state index is 13.3. The summed E-state index contributed by atoms with van der Waals surface area (Å²) in [6.07, 6.45) is 2.56. The van der Waals surface area contributed by atoms with E-state index in [2.05, 4.69) is 10.4 Å². The van der Waals surface area contributed by atoms with Gasteiger partial charge in [0.25, 0.3) is 0 Å². The van der Waals surface area contributed by atoms with E-state index in [4.69, 9.17) is 0 Å². The van der Waals surface area contributed by atoms with Gasteiger partial charge in [-0.1, -0.05) is 13.0 Å². The van der Waals surface area contributed by atoms with Crippen molar-refractivity contribution in [2.45, 2.75) is 26.3 Å². The lowest BCUT2D eigenvalue weighted by atomic mass is 9.99. The van der Waals surface area contributed by atoms with Crippen LogP contribution in [-0.2, 0) is 13.5 Å². The number of benzene rings is 1. The van der Waals surface area contributed by atoms with Crippen LogP contribution in [0.2, 0.25) is 0 Å². The van der Waals surface area contributed by atoms with Crippen LogP contribution in [0.1, 0.15) is 29.8 Å². The molecule has 1 atom stereocenters. The molecule has 20 heavy (non-hydrogen) atoms. The van der Waals surface area contributed by atoms with E-state index in [0.29, 0.717) is 6.42 Å². The third-order valence-electron chi connectivity index (χ3n) is 3.30. The highest BCUT2D eigenvalue weighted by molar-refractivity contribution is 5.25. The second kappa shape index (κ2) is 6.13. The minimum Gasteiger partial charge on any atom is -0.310 e. The van der Waals surface area contributed by atoms with E-state index in [-0.39, 0.29) is 6.04 Å². The number of hydrogen-bond donors (Lipinski definition) is 1. The van der Waals surface area contributed by atoms with E-state index in [0.717, 1.165) is 23.4 Å². The Morgan fingerprint density at radius 3 is 2.60 bits per heavy atom. The second-order valence-electron chi connectivity index (χ2n) is 4.91. The van der Waals surface area contributed by atoms with Gasteiger partial charge in [0.05, 0.1) is 5.69 Å². The molecule has 0 fully saturated rings. The summed E-state index contributed by atoms with van der Waals surface area (Å²) in [5.74, 6) is -1.62. The Morgan fingerprint density at radius 2 is 2.05 bits per heavy atom. The molecule has 5 heteroatoms. The molecule has 0 saturated carbocycles. The molecule has 1 unspecified atom stereocenters. The fourth-order valence-electron chi connectivity index (χ4n) is 2.40. The second-order valence-corrected chi connectivity index (χ2v) is 4.91. The minimum atomic E-state index is -0.814. The summed E-state index contributed by atoms with van der Waals surface area (Å²) in [5, 5.41) is 7.70. The summed E-state index contributed by atoms with van der Waals surface area (Å²) in [7, 11) is 1.87. The largest absolute Gasteiger partial charge is 0.310 e. The lowest BCUT2D eigenvalue weighted by Gasteiger charge is -2.17. The van der Waals surface area contributed by atoms with Crippen molar-refractivity contribution >= 4 is 0 Å². The average molecular weight is 279 g/mol. The van der Waals surface area contributed by atoms with Gasteiger partial charge in [0.1, 0.15) is 0 Å². The van der Waals surface area contributed by atoms with Crippen LogP contribution in [0.4, 0.5) is 8.78 Å². The minimum absolute atomic E-state index is 0.0403. The standard InChI is InChI=1S/C15H19F2N3/c1-4-18-15(12-9-20(3)19-10(12)2)8-11-5-6-13(16)14(17)7-11/h5-7,9,15,18H,4,8H2,1-3H3. The zero-order chi connectivity index (χ0) is 14.7. The van der Waals surface area contributed by atoms with Crippen LogP contribution < -0.4 is 5.32 Å². The zero-order valence-electron chi connectivity index (χ0n) is 12.0. The van der Waals surface area contributed by atoms with Crippen molar-refractivity contribution in [1.29, 1.82) is 0 Å². The van der Waals surface area contributed by atoms with Crippen molar-refractivity contribution in [1.82, 2.24) is 15.1 Å². The molecular formula is C15H19F2N3. The quantitative estimate of drug-likeness (QED) is 0.912. The van der Waals surface area contributed by atoms with Gasteiger partial charge in [-0.15, -0.1) is 0 Å². The first-order chi connectivity index (χ1) is 9.51. The number of nitrogens with one attached hydrogen (secondary N) is 1. The maximum Gasteiger partial charge on any atom is 0.159 e. The van der Waals surface area contributed by atoms with Crippen LogP contribution >= 0.6 is 0 Å². The molecule has 1 N–H and O–H groups in total. The van der Waals surface area contributed by atoms with E-state index in [1.807, 2.05) is 27.1 Å². The molecule has 0 amide bonds. The Kier molecular flexibility index (Phi) is 4.49. The van der Waals surface area contributed by atoms with Crippen LogP contribution in [0, 0.1) is 18.6 Å². The van der Waals surface area contributed by atoms with Crippen LogP contribution in [-0.4, -0.2) is 16.3 Å². The summed E-state index contributed by atoms with van der Waals surface area (Å²) >= 11 is 0. The summed E-state index contributed by atoms with van der Waals surface area (Å²) < 4.78 is 28.0. The van der Waals surface area contributed by atoms with Crippen LogP contribution in [0.15, 0.2) is 24.4 Å². The first-order valence-corrected chi connectivity index (χ1v) is 6.68. The summed E-state index contributed by atoms with van der Waals surface area (Å²) in [5.41, 5.74) is 2.79. The molecule has 3 nitrogen and oxygen atoms in total. The number of halogens is 2. The molecule has 1 aromatic heterocycles. The molecular weight excluding hydrogens is 260 g/mol. The fraction of sp³-hybridized carbons (Fsp3) is 0.400.